The number of hydrogen-bond donors (Lipinski definition) is 2. The summed E-state index contributed by atoms with van der Waals surface area (Å²) in [5.41, 5.74) is 4.32. The van der Waals surface area contributed by atoms with Crippen LogP contribution in [0.2, 0.25) is 0 Å². The fourth-order valence-corrected chi connectivity index (χ4v) is 2.68. The topological polar surface area (TPSA) is 44.4 Å². The van der Waals surface area contributed by atoms with Gasteiger partial charge < -0.3 is 15.5 Å². The third-order valence-corrected chi connectivity index (χ3v) is 4.07. The number of aryl methyl sites for hydroxylation is 1. The summed E-state index contributed by atoms with van der Waals surface area (Å²) in [6, 6.07) is 16.2. The molecule has 2 rings (SSSR count). The van der Waals surface area contributed by atoms with Crippen molar-refractivity contribution in [2.24, 2.45) is 0 Å². The van der Waals surface area contributed by atoms with E-state index in [4.69, 9.17) is 0 Å². The molecule has 2 aromatic rings. The number of carbonyl (C=O) groups is 1. The fraction of sp³-hybridized carbons (Fsp3) is 0.350. The van der Waals surface area contributed by atoms with E-state index in [0.29, 0.717) is 13.1 Å². The molecule has 0 saturated heterocycles. The van der Waals surface area contributed by atoms with E-state index < -0.39 is 0 Å². The zero-order valence-corrected chi connectivity index (χ0v) is 14.8. The highest BCUT2D eigenvalue weighted by molar-refractivity contribution is 5.93. The number of amides is 1. The van der Waals surface area contributed by atoms with Gasteiger partial charge in [-0.15, -0.1) is 0 Å². The first-order chi connectivity index (χ1) is 11.6. The molecule has 0 saturated carbocycles. The van der Waals surface area contributed by atoms with Crippen molar-refractivity contribution in [3.05, 3.63) is 59.7 Å². The van der Waals surface area contributed by atoms with E-state index in [0.717, 1.165) is 24.3 Å². The minimum atomic E-state index is -0.0235. The van der Waals surface area contributed by atoms with Gasteiger partial charge >= 0.3 is 0 Å². The summed E-state index contributed by atoms with van der Waals surface area (Å²) in [7, 11) is 0. The van der Waals surface area contributed by atoms with Gasteiger partial charge in [0.05, 0.1) is 6.54 Å². The molecule has 2 aromatic carbocycles. The predicted octanol–water partition coefficient (Wildman–Crippen LogP) is 3.57. The summed E-state index contributed by atoms with van der Waals surface area (Å²) in [6.45, 7) is 9.26. The zero-order valence-electron chi connectivity index (χ0n) is 14.8. The summed E-state index contributed by atoms with van der Waals surface area (Å²) in [6.07, 6.45) is 0. The van der Waals surface area contributed by atoms with Crippen LogP contribution in [-0.2, 0) is 11.3 Å². The van der Waals surface area contributed by atoms with E-state index >= 15 is 0 Å². The summed E-state index contributed by atoms with van der Waals surface area (Å²) in [4.78, 5) is 14.4. The Kier molecular flexibility index (Phi) is 6.82. The van der Waals surface area contributed by atoms with Gasteiger partial charge in [-0.2, -0.15) is 0 Å². The molecule has 0 unspecified atom stereocenters. The lowest BCUT2D eigenvalue weighted by Crippen LogP contribution is -2.28. The highest BCUT2D eigenvalue weighted by Gasteiger charge is 2.07. The average Bonchev–Trinajstić information content (AvgIpc) is 2.59. The molecule has 0 aliphatic heterocycles. The van der Waals surface area contributed by atoms with Crippen LogP contribution in [0, 0.1) is 6.92 Å². The highest BCUT2D eigenvalue weighted by Crippen LogP contribution is 2.22. The Labute approximate surface area is 144 Å². The molecule has 0 fully saturated rings. The van der Waals surface area contributed by atoms with Crippen LogP contribution in [0.3, 0.4) is 0 Å². The quantitative estimate of drug-likeness (QED) is 0.780. The smallest absolute Gasteiger partial charge is 0.238 e. The molecule has 0 aliphatic carbocycles. The number of anilines is 2. The SMILES string of the molecule is CCN(CC)c1ccc(NC(=O)CNCc2ccccc2)c(C)c1. The lowest BCUT2D eigenvalue weighted by atomic mass is 10.1. The first-order valence-corrected chi connectivity index (χ1v) is 8.54. The Hall–Kier alpha value is -2.33. The van der Waals surface area contributed by atoms with Gasteiger partial charge in [-0.1, -0.05) is 30.3 Å². The molecular weight excluding hydrogens is 298 g/mol. The Bertz CT molecular complexity index is 651. The van der Waals surface area contributed by atoms with Crippen molar-refractivity contribution in [1.82, 2.24) is 5.32 Å². The Morgan fingerprint density at radius 1 is 1.04 bits per heavy atom. The second-order valence-electron chi connectivity index (χ2n) is 5.81. The van der Waals surface area contributed by atoms with E-state index in [1.807, 2.05) is 43.3 Å². The van der Waals surface area contributed by atoms with Gasteiger partial charge in [-0.05, 0) is 50.1 Å². The van der Waals surface area contributed by atoms with E-state index in [9.17, 15) is 4.79 Å². The predicted molar refractivity (Wildman–Crippen MR) is 102 cm³/mol. The number of nitrogens with one attached hydrogen (secondary N) is 2. The maximum Gasteiger partial charge on any atom is 0.238 e. The third kappa shape index (κ3) is 5.10. The molecule has 1 amide bonds. The number of hydrogen-bond acceptors (Lipinski definition) is 3. The first-order valence-electron chi connectivity index (χ1n) is 8.54. The fourth-order valence-electron chi connectivity index (χ4n) is 2.68. The van der Waals surface area contributed by atoms with E-state index in [1.54, 1.807) is 0 Å². The molecule has 0 atom stereocenters. The lowest BCUT2D eigenvalue weighted by molar-refractivity contribution is -0.115. The van der Waals surface area contributed by atoms with Crippen LogP contribution in [0.15, 0.2) is 48.5 Å². The lowest BCUT2D eigenvalue weighted by Gasteiger charge is -2.22. The third-order valence-electron chi connectivity index (χ3n) is 4.07. The van der Waals surface area contributed by atoms with Gasteiger partial charge in [0, 0.05) is 31.0 Å². The van der Waals surface area contributed by atoms with Gasteiger partial charge in [0.2, 0.25) is 5.91 Å². The second kappa shape index (κ2) is 9.08. The van der Waals surface area contributed by atoms with Gasteiger partial charge in [0.25, 0.3) is 0 Å². The number of benzene rings is 2. The molecule has 0 heterocycles. The van der Waals surface area contributed by atoms with Gasteiger partial charge in [-0.25, -0.2) is 0 Å². The van der Waals surface area contributed by atoms with Crippen molar-refractivity contribution < 1.29 is 4.79 Å². The Morgan fingerprint density at radius 2 is 1.75 bits per heavy atom. The van der Waals surface area contributed by atoms with Crippen molar-refractivity contribution >= 4 is 17.3 Å². The minimum absolute atomic E-state index is 0.0235. The van der Waals surface area contributed by atoms with Crippen LogP contribution in [0.4, 0.5) is 11.4 Å². The minimum Gasteiger partial charge on any atom is -0.372 e. The average molecular weight is 325 g/mol. The zero-order chi connectivity index (χ0) is 17.4. The molecule has 0 bridgehead atoms. The van der Waals surface area contributed by atoms with Crippen molar-refractivity contribution in [3.63, 3.8) is 0 Å². The van der Waals surface area contributed by atoms with Crippen LogP contribution in [0.25, 0.3) is 0 Å². The molecule has 0 aliphatic rings. The van der Waals surface area contributed by atoms with Crippen molar-refractivity contribution in [2.75, 3.05) is 29.9 Å². The molecular formula is C20H27N3O. The second-order valence-corrected chi connectivity index (χ2v) is 5.81. The highest BCUT2D eigenvalue weighted by atomic mass is 16.1. The molecule has 4 heteroatoms. The normalized spacial score (nSPS) is 10.5. The molecule has 24 heavy (non-hydrogen) atoms. The van der Waals surface area contributed by atoms with Gasteiger partial charge in [0.1, 0.15) is 0 Å². The van der Waals surface area contributed by atoms with Crippen molar-refractivity contribution in [2.45, 2.75) is 27.3 Å². The van der Waals surface area contributed by atoms with Crippen LogP contribution >= 0.6 is 0 Å². The molecule has 2 N–H and O–H groups in total. The summed E-state index contributed by atoms with van der Waals surface area (Å²) in [5.74, 6) is -0.0235. The molecule has 0 aromatic heterocycles. The van der Waals surface area contributed by atoms with E-state index in [2.05, 4.69) is 41.5 Å². The Balaban J connectivity index is 1.87. The molecule has 128 valence electrons. The van der Waals surface area contributed by atoms with E-state index in [1.165, 1.54) is 11.3 Å². The van der Waals surface area contributed by atoms with E-state index in [-0.39, 0.29) is 5.91 Å². The summed E-state index contributed by atoms with van der Waals surface area (Å²) in [5, 5.41) is 6.15. The maximum atomic E-state index is 12.1. The molecule has 0 radical (unpaired) electrons. The Morgan fingerprint density at radius 3 is 2.38 bits per heavy atom. The molecule has 0 spiro atoms. The van der Waals surface area contributed by atoms with Crippen LogP contribution in [0.5, 0.6) is 0 Å². The monoisotopic (exact) mass is 325 g/mol. The maximum absolute atomic E-state index is 12.1. The summed E-state index contributed by atoms with van der Waals surface area (Å²) >= 11 is 0. The largest absolute Gasteiger partial charge is 0.372 e. The number of rotatable bonds is 8. The summed E-state index contributed by atoms with van der Waals surface area (Å²) < 4.78 is 0. The number of carbonyl (C=O) groups excluding carboxylic acids is 1. The number of nitrogens with zero attached hydrogens (tertiary/aromatic N) is 1. The molecule has 4 nitrogen and oxygen atoms in total. The van der Waals surface area contributed by atoms with Crippen LogP contribution in [0.1, 0.15) is 25.0 Å². The van der Waals surface area contributed by atoms with Gasteiger partial charge in [-0.3, -0.25) is 4.79 Å². The first kappa shape index (κ1) is 18.0. The van der Waals surface area contributed by atoms with Crippen molar-refractivity contribution in [1.29, 1.82) is 0 Å². The van der Waals surface area contributed by atoms with Gasteiger partial charge in [0.15, 0.2) is 0 Å². The standard InChI is InChI=1S/C20H27N3O/c1-4-23(5-2)18-11-12-19(16(3)13-18)22-20(24)15-21-14-17-9-7-6-8-10-17/h6-13,21H,4-5,14-15H2,1-3H3,(H,22,24). The van der Waals surface area contributed by atoms with Crippen molar-refractivity contribution in [3.8, 4) is 0 Å². The van der Waals surface area contributed by atoms with Crippen LogP contribution < -0.4 is 15.5 Å². The van der Waals surface area contributed by atoms with Crippen LogP contribution in [-0.4, -0.2) is 25.5 Å².